The summed E-state index contributed by atoms with van der Waals surface area (Å²) in [7, 11) is 0. The second-order valence-electron chi connectivity index (χ2n) is 5.01. The topological polar surface area (TPSA) is 21.3 Å². The number of rotatable bonds is 8. The van der Waals surface area contributed by atoms with E-state index in [9.17, 15) is 0 Å². The van der Waals surface area contributed by atoms with Crippen LogP contribution in [0.15, 0.2) is 24.3 Å². The fraction of sp³-hybridized carbons (Fsp3) is 0.625. The van der Waals surface area contributed by atoms with Crippen molar-refractivity contribution in [3.63, 3.8) is 0 Å². The van der Waals surface area contributed by atoms with Gasteiger partial charge in [-0.25, -0.2) is 0 Å². The summed E-state index contributed by atoms with van der Waals surface area (Å²) in [5, 5.41) is 3.62. The third-order valence-corrected chi connectivity index (χ3v) is 3.36. The predicted octanol–water partition coefficient (Wildman–Crippen LogP) is 3.40. The van der Waals surface area contributed by atoms with Gasteiger partial charge < -0.3 is 10.1 Å². The molecule has 0 saturated heterocycles. The van der Waals surface area contributed by atoms with E-state index in [2.05, 4.69) is 50.4 Å². The molecular formula is C16H27NO. The highest BCUT2D eigenvalue weighted by atomic mass is 16.5. The van der Waals surface area contributed by atoms with E-state index in [4.69, 9.17) is 4.74 Å². The van der Waals surface area contributed by atoms with Crippen LogP contribution in [0.5, 0.6) is 0 Å². The van der Waals surface area contributed by atoms with Crippen molar-refractivity contribution in [3.05, 3.63) is 35.4 Å². The SMILES string of the molecule is CCOCC(NCc1ccccc1CC)C(C)C. The molecular weight excluding hydrogens is 222 g/mol. The van der Waals surface area contributed by atoms with Gasteiger partial charge in [-0.15, -0.1) is 0 Å². The molecule has 0 bridgehead atoms. The fourth-order valence-corrected chi connectivity index (χ4v) is 2.05. The quantitative estimate of drug-likeness (QED) is 0.762. The smallest absolute Gasteiger partial charge is 0.0622 e. The first-order chi connectivity index (χ1) is 8.69. The summed E-state index contributed by atoms with van der Waals surface area (Å²) >= 11 is 0. The van der Waals surface area contributed by atoms with E-state index in [0.717, 1.165) is 26.2 Å². The maximum atomic E-state index is 5.54. The van der Waals surface area contributed by atoms with Gasteiger partial charge in [0.2, 0.25) is 0 Å². The minimum atomic E-state index is 0.426. The Kier molecular flexibility index (Phi) is 6.99. The number of nitrogens with one attached hydrogen (secondary N) is 1. The molecule has 102 valence electrons. The Hall–Kier alpha value is -0.860. The predicted molar refractivity (Wildman–Crippen MR) is 77.8 cm³/mol. The molecule has 1 aromatic rings. The summed E-state index contributed by atoms with van der Waals surface area (Å²) in [5.41, 5.74) is 2.84. The van der Waals surface area contributed by atoms with Crippen molar-refractivity contribution in [2.24, 2.45) is 5.92 Å². The van der Waals surface area contributed by atoms with E-state index in [-0.39, 0.29) is 0 Å². The van der Waals surface area contributed by atoms with E-state index in [0.29, 0.717) is 12.0 Å². The van der Waals surface area contributed by atoms with Crippen molar-refractivity contribution in [2.45, 2.75) is 46.7 Å². The Morgan fingerprint density at radius 1 is 1.11 bits per heavy atom. The first-order valence-electron chi connectivity index (χ1n) is 7.06. The van der Waals surface area contributed by atoms with Gasteiger partial charge in [-0.3, -0.25) is 0 Å². The summed E-state index contributed by atoms with van der Waals surface area (Å²) in [6.07, 6.45) is 1.09. The van der Waals surface area contributed by atoms with Gasteiger partial charge in [0, 0.05) is 19.2 Å². The van der Waals surface area contributed by atoms with Crippen molar-refractivity contribution in [2.75, 3.05) is 13.2 Å². The van der Waals surface area contributed by atoms with E-state index in [1.165, 1.54) is 11.1 Å². The summed E-state index contributed by atoms with van der Waals surface area (Å²) in [6, 6.07) is 9.08. The standard InChI is InChI=1S/C16H27NO/c1-5-14-9-7-8-10-15(14)11-17-16(13(3)4)12-18-6-2/h7-10,13,16-17H,5-6,11-12H2,1-4H3. The summed E-state index contributed by atoms with van der Waals surface area (Å²) in [5.74, 6) is 0.588. The number of hydrogen-bond acceptors (Lipinski definition) is 2. The largest absolute Gasteiger partial charge is 0.380 e. The molecule has 1 aromatic carbocycles. The number of hydrogen-bond donors (Lipinski definition) is 1. The minimum absolute atomic E-state index is 0.426. The van der Waals surface area contributed by atoms with E-state index < -0.39 is 0 Å². The van der Waals surface area contributed by atoms with Gasteiger partial charge in [-0.05, 0) is 30.4 Å². The maximum absolute atomic E-state index is 5.54. The molecule has 0 amide bonds. The molecule has 0 aliphatic rings. The molecule has 2 heteroatoms. The summed E-state index contributed by atoms with van der Waals surface area (Å²) in [6.45, 7) is 11.2. The minimum Gasteiger partial charge on any atom is -0.380 e. The number of aryl methyl sites for hydroxylation is 1. The average molecular weight is 249 g/mol. The molecule has 0 saturated carbocycles. The van der Waals surface area contributed by atoms with Gasteiger partial charge in [-0.1, -0.05) is 45.0 Å². The summed E-state index contributed by atoms with van der Waals surface area (Å²) in [4.78, 5) is 0. The van der Waals surface area contributed by atoms with Crippen molar-refractivity contribution >= 4 is 0 Å². The van der Waals surface area contributed by atoms with E-state index in [1.54, 1.807) is 0 Å². The van der Waals surface area contributed by atoms with Crippen LogP contribution in [0.3, 0.4) is 0 Å². The molecule has 18 heavy (non-hydrogen) atoms. The molecule has 1 unspecified atom stereocenters. The zero-order chi connectivity index (χ0) is 13.4. The highest BCUT2D eigenvalue weighted by Crippen LogP contribution is 2.11. The molecule has 1 atom stereocenters. The third kappa shape index (κ3) is 4.79. The van der Waals surface area contributed by atoms with Crippen LogP contribution >= 0.6 is 0 Å². The van der Waals surface area contributed by atoms with Crippen LogP contribution in [0.25, 0.3) is 0 Å². The van der Waals surface area contributed by atoms with Gasteiger partial charge in [-0.2, -0.15) is 0 Å². The second-order valence-corrected chi connectivity index (χ2v) is 5.01. The van der Waals surface area contributed by atoms with Crippen molar-refractivity contribution < 1.29 is 4.74 Å². The average Bonchev–Trinajstić information content (AvgIpc) is 2.38. The van der Waals surface area contributed by atoms with Crippen LogP contribution in [0.2, 0.25) is 0 Å². The molecule has 0 aliphatic carbocycles. The van der Waals surface area contributed by atoms with Crippen LogP contribution in [0.4, 0.5) is 0 Å². The van der Waals surface area contributed by atoms with Crippen molar-refractivity contribution in [3.8, 4) is 0 Å². The number of benzene rings is 1. The van der Waals surface area contributed by atoms with Gasteiger partial charge in [0.1, 0.15) is 0 Å². The Morgan fingerprint density at radius 2 is 1.78 bits per heavy atom. The van der Waals surface area contributed by atoms with Gasteiger partial charge in [0.25, 0.3) is 0 Å². The maximum Gasteiger partial charge on any atom is 0.0622 e. The molecule has 0 fully saturated rings. The van der Waals surface area contributed by atoms with Gasteiger partial charge in [0.15, 0.2) is 0 Å². The Labute approximate surface area is 112 Å². The lowest BCUT2D eigenvalue weighted by molar-refractivity contribution is 0.108. The highest BCUT2D eigenvalue weighted by molar-refractivity contribution is 5.26. The van der Waals surface area contributed by atoms with Crippen LogP contribution in [-0.4, -0.2) is 19.3 Å². The zero-order valence-electron chi connectivity index (χ0n) is 12.2. The first kappa shape index (κ1) is 15.2. The molecule has 0 aliphatic heterocycles. The van der Waals surface area contributed by atoms with Crippen molar-refractivity contribution in [1.29, 1.82) is 0 Å². The van der Waals surface area contributed by atoms with Gasteiger partial charge in [0.05, 0.1) is 6.61 Å². The summed E-state index contributed by atoms with van der Waals surface area (Å²) < 4.78 is 5.54. The Balaban J connectivity index is 2.55. The molecule has 2 nitrogen and oxygen atoms in total. The lowest BCUT2D eigenvalue weighted by Gasteiger charge is -2.23. The van der Waals surface area contributed by atoms with E-state index in [1.807, 2.05) is 6.92 Å². The van der Waals surface area contributed by atoms with Crippen LogP contribution in [0.1, 0.15) is 38.8 Å². The van der Waals surface area contributed by atoms with Crippen molar-refractivity contribution in [1.82, 2.24) is 5.32 Å². The Morgan fingerprint density at radius 3 is 2.33 bits per heavy atom. The van der Waals surface area contributed by atoms with Crippen LogP contribution in [-0.2, 0) is 17.7 Å². The monoisotopic (exact) mass is 249 g/mol. The molecule has 0 heterocycles. The lowest BCUT2D eigenvalue weighted by atomic mass is 10.0. The Bertz CT molecular complexity index is 336. The molecule has 1 N–H and O–H groups in total. The lowest BCUT2D eigenvalue weighted by Crippen LogP contribution is -2.37. The fourth-order valence-electron chi connectivity index (χ4n) is 2.05. The third-order valence-electron chi connectivity index (χ3n) is 3.36. The van der Waals surface area contributed by atoms with Gasteiger partial charge >= 0.3 is 0 Å². The first-order valence-corrected chi connectivity index (χ1v) is 7.06. The zero-order valence-corrected chi connectivity index (χ0v) is 12.2. The van der Waals surface area contributed by atoms with E-state index >= 15 is 0 Å². The molecule has 1 rings (SSSR count). The van der Waals surface area contributed by atoms with Crippen LogP contribution in [0, 0.1) is 5.92 Å². The molecule has 0 aromatic heterocycles. The second kappa shape index (κ2) is 8.28. The highest BCUT2D eigenvalue weighted by Gasteiger charge is 2.13. The molecule has 0 spiro atoms. The number of ether oxygens (including phenoxy) is 1. The van der Waals surface area contributed by atoms with Crippen LogP contribution < -0.4 is 5.32 Å². The normalized spacial score (nSPS) is 12.9. The molecule has 0 radical (unpaired) electrons.